The molecule has 0 radical (unpaired) electrons. The summed E-state index contributed by atoms with van der Waals surface area (Å²) < 4.78 is 0. The molecule has 2 atom stereocenters. The highest BCUT2D eigenvalue weighted by atomic mass is 16.4. The number of fused-ring (bicyclic) bond motifs is 1. The van der Waals surface area contributed by atoms with Gasteiger partial charge in [-0.2, -0.15) is 0 Å². The highest BCUT2D eigenvalue weighted by molar-refractivity contribution is 5.79. The minimum Gasteiger partial charge on any atom is -0.545 e. The van der Waals surface area contributed by atoms with Gasteiger partial charge in [0.25, 0.3) is 0 Å². The molecule has 0 aromatic heterocycles. The van der Waals surface area contributed by atoms with Gasteiger partial charge >= 0.3 is 0 Å². The van der Waals surface area contributed by atoms with Gasteiger partial charge in [0, 0.05) is 0 Å². The zero-order chi connectivity index (χ0) is 7.84. The van der Waals surface area contributed by atoms with Crippen LogP contribution in [0, 0.1) is 11.8 Å². The molecule has 0 aromatic rings. The topological polar surface area (TPSA) is 40.1 Å². The Morgan fingerprint density at radius 2 is 2.36 bits per heavy atom. The summed E-state index contributed by atoms with van der Waals surface area (Å²) in [6.45, 7) is 0. The molecule has 0 heterocycles. The van der Waals surface area contributed by atoms with Gasteiger partial charge in [-0.25, -0.2) is 0 Å². The number of hydrogen-bond donors (Lipinski definition) is 0. The molecule has 2 aliphatic rings. The van der Waals surface area contributed by atoms with Crippen LogP contribution < -0.4 is 5.11 Å². The Morgan fingerprint density at radius 3 is 3.00 bits per heavy atom. The van der Waals surface area contributed by atoms with Crippen LogP contribution in [0.2, 0.25) is 0 Å². The van der Waals surface area contributed by atoms with Gasteiger partial charge in [0.1, 0.15) is 0 Å². The van der Waals surface area contributed by atoms with Crippen LogP contribution in [0.1, 0.15) is 25.7 Å². The van der Waals surface area contributed by atoms with Crippen molar-refractivity contribution < 1.29 is 9.90 Å². The maximum Gasteiger partial charge on any atom is 0.0642 e. The molecule has 11 heavy (non-hydrogen) atoms. The lowest BCUT2D eigenvalue weighted by Crippen LogP contribution is -2.27. The Bertz CT molecular complexity index is 218. The molecular formula is C9H11O2-. The fourth-order valence-corrected chi connectivity index (χ4v) is 2.38. The van der Waals surface area contributed by atoms with Gasteiger partial charge < -0.3 is 9.90 Å². The molecule has 2 unspecified atom stereocenters. The number of carboxylic acids is 1. The lowest BCUT2D eigenvalue weighted by atomic mass is 9.71. The van der Waals surface area contributed by atoms with Gasteiger partial charge in [-0.1, -0.05) is 12.0 Å². The van der Waals surface area contributed by atoms with Crippen molar-refractivity contribution in [2.45, 2.75) is 25.7 Å². The molecule has 2 aliphatic carbocycles. The van der Waals surface area contributed by atoms with E-state index in [4.69, 9.17) is 0 Å². The van der Waals surface area contributed by atoms with Gasteiger partial charge in [0.15, 0.2) is 0 Å². The molecular weight excluding hydrogens is 140 g/mol. The molecule has 0 N–H and O–H groups in total. The van der Waals surface area contributed by atoms with Crippen molar-refractivity contribution in [1.82, 2.24) is 0 Å². The van der Waals surface area contributed by atoms with Crippen molar-refractivity contribution in [2.24, 2.45) is 11.8 Å². The fourth-order valence-electron chi connectivity index (χ4n) is 2.38. The average Bonchev–Trinajstić information content (AvgIpc) is 2.26. The molecule has 60 valence electrons. The van der Waals surface area contributed by atoms with Crippen molar-refractivity contribution in [1.29, 1.82) is 0 Å². The monoisotopic (exact) mass is 151 g/mol. The molecule has 2 rings (SSSR count). The van der Waals surface area contributed by atoms with E-state index in [2.05, 4.69) is 0 Å². The van der Waals surface area contributed by atoms with Gasteiger partial charge in [-0.3, -0.25) is 0 Å². The summed E-state index contributed by atoms with van der Waals surface area (Å²) in [7, 11) is 0. The number of allylic oxidation sites excluding steroid dienone is 1. The standard InChI is InChI=1S/C9H12O2/c10-9(11)5-7-4-6-2-1-3-8(6)7/h5-6,8H,1-4H2,(H,10,11)/p-1/b7-5-. The molecule has 2 fully saturated rings. The summed E-state index contributed by atoms with van der Waals surface area (Å²) >= 11 is 0. The Morgan fingerprint density at radius 1 is 1.55 bits per heavy atom. The third-order valence-corrected chi connectivity index (χ3v) is 2.94. The van der Waals surface area contributed by atoms with Crippen molar-refractivity contribution >= 4 is 5.97 Å². The predicted molar refractivity (Wildman–Crippen MR) is 38.5 cm³/mol. The summed E-state index contributed by atoms with van der Waals surface area (Å²) in [5.41, 5.74) is 1.12. The first-order valence-electron chi connectivity index (χ1n) is 4.19. The maximum absolute atomic E-state index is 10.2. The van der Waals surface area contributed by atoms with Crippen LogP contribution in [0.5, 0.6) is 0 Å². The van der Waals surface area contributed by atoms with E-state index >= 15 is 0 Å². The Hall–Kier alpha value is -0.790. The molecule has 2 nitrogen and oxygen atoms in total. The molecule has 0 bridgehead atoms. The molecule has 0 spiro atoms. The van der Waals surface area contributed by atoms with E-state index in [1.165, 1.54) is 25.3 Å². The first-order valence-corrected chi connectivity index (χ1v) is 4.19. The Balaban J connectivity index is 2.05. The van der Waals surface area contributed by atoms with E-state index in [-0.39, 0.29) is 0 Å². The van der Waals surface area contributed by atoms with E-state index in [0.717, 1.165) is 17.9 Å². The molecule has 2 heteroatoms. The number of aliphatic carboxylic acids is 1. The number of carbonyl (C=O) groups is 1. The van der Waals surface area contributed by atoms with E-state index < -0.39 is 5.97 Å². The van der Waals surface area contributed by atoms with Crippen LogP contribution in [0.4, 0.5) is 0 Å². The molecule has 0 aromatic carbocycles. The normalized spacial score (nSPS) is 38.4. The van der Waals surface area contributed by atoms with E-state index in [1.807, 2.05) is 0 Å². The fraction of sp³-hybridized carbons (Fsp3) is 0.667. The summed E-state index contributed by atoms with van der Waals surface area (Å²) in [6.07, 6.45) is 6.09. The summed E-state index contributed by atoms with van der Waals surface area (Å²) in [4.78, 5) is 10.2. The van der Waals surface area contributed by atoms with Gasteiger partial charge in [0.05, 0.1) is 5.97 Å². The van der Waals surface area contributed by atoms with Crippen LogP contribution in [0.3, 0.4) is 0 Å². The minimum absolute atomic E-state index is 0.605. The second kappa shape index (κ2) is 2.36. The minimum atomic E-state index is -1.02. The van der Waals surface area contributed by atoms with E-state index in [1.54, 1.807) is 0 Å². The molecule has 0 amide bonds. The summed E-state index contributed by atoms with van der Waals surface area (Å²) in [5, 5.41) is 10.2. The lowest BCUT2D eigenvalue weighted by Gasteiger charge is -2.34. The van der Waals surface area contributed by atoms with E-state index in [0.29, 0.717) is 5.92 Å². The van der Waals surface area contributed by atoms with Gasteiger partial charge in [-0.15, -0.1) is 0 Å². The van der Waals surface area contributed by atoms with Crippen molar-refractivity contribution in [3.05, 3.63) is 11.6 Å². The van der Waals surface area contributed by atoms with Crippen molar-refractivity contribution in [3.63, 3.8) is 0 Å². The smallest absolute Gasteiger partial charge is 0.0642 e. The summed E-state index contributed by atoms with van der Waals surface area (Å²) in [5.74, 6) is 0.388. The third-order valence-electron chi connectivity index (χ3n) is 2.94. The third kappa shape index (κ3) is 1.06. The maximum atomic E-state index is 10.2. The van der Waals surface area contributed by atoms with Crippen LogP contribution in [0.25, 0.3) is 0 Å². The first-order chi connectivity index (χ1) is 5.27. The second-order valence-electron chi connectivity index (χ2n) is 3.54. The summed E-state index contributed by atoms with van der Waals surface area (Å²) in [6, 6.07) is 0. The van der Waals surface area contributed by atoms with Gasteiger partial charge in [0.2, 0.25) is 0 Å². The lowest BCUT2D eigenvalue weighted by molar-refractivity contribution is -0.297. The zero-order valence-corrected chi connectivity index (χ0v) is 6.38. The Labute approximate surface area is 65.9 Å². The number of carbonyl (C=O) groups excluding carboxylic acids is 1. The predicted octanol–water partition coefficient (Wildman–Crippen LogP) is 0.483. The van der Waals surface area contributed by atoms with Gasteiger partial charge in [-0.05, 0) is 37.2 Å². The average molecular weight is 151 g/mol. The number of hydrogen-bond acceptors (Lipinski definition) is 2. The quantitative estimate of drug-likeness (QED) is 0.511. The van der Waals surface area contributed by atoms with Crippen LogP contribution >= 0.6 is 0 Å². The van der Waals surface area contributed by atoms with Crippen molar-refractivity contribution in [2.75, 3.05) is 0 Å². The van der Waals surface area contributed by atoms with Crippen molar-refractivity contribution in [3.8, 4) is 0 Å². The first kappa shape index (κ1) is 6.89. The SMILES string of the molecule is O=C([O-])/C=C1/CC2CCCC12. The second-order valence-corrected chi connectivity index (χ2v) is 3.54. The highest BCUT2D eigenvalue weighted by Gasteiger charge is 2.38. The van der Waals surface area contributed by atoms with Crippen LogP contribution in [-0.4, -0.2) is 5.97 Å². The largest absolute Gasteiger partial charge is 0.545 e. The Kier molecular flexibility index (Phi) is 1.48. The zero-order valence-electron chi connectivity index (χ0n) is 6.38. The number of carboxylic acid groups (broad SMARTS) is 1. The molecule has 0 saturated heterocycles. The molecule has 0 aliphatic heterocycles. The highest BCUT2D eigenvalue weighted by Crippen LogP contribution is 2.50. The molecule has 2 saturated carbocycles. The van der Waals surface area contributed by atoms with E-state index in [9.17, 15) is 9.90 Å². The van der Waals surface area contributed by atoms with Crippen LogP contribution in [-0.2, 0) is 4.79 Å². The number of rotatable bonds is 1. The van der Waals surface area contributed by atoms with Crippen LogP contribution in [0.15, 0.2) is 11.6 Å².